The molecule has 4 aromatic rings. The zero-order valence-electron chi connectivity index (χ0n) is 13.9. The van der Waals surface area contributed by atoms with Gasteiger partial charge in [-0.2, -0.15) is 10.2 Å². The second-order valence-corrected chi connectivity index (χ2v) is 5.67. The highest BCUT2D eigenvalue weighted by Gasteiger charge is 2.12. The molecule has 0 unspecified atom stereocenters. The number of hydrogen-bond acceptors (Lipinski definition) is 4. The zero-order valence-corrected chi connectivity index (χ0v) is 13.9. The van der Waals surface area contributed by atoms with Crippen LogP contribution in [0, 0.1) is 0 Å². The number of rotatable bonds is 5. The molecule has 0 saturated carbocycles. The number of hydrogen-bond donors (Lipinski definition) is 0. The predicted molar refractivity (Wildman–Crippen MR) is 96.2 cm³/mol. The highest BCUT2D eigenvalue weighted by atomic mass is 16.5. The molecule has 0 N–H and O–H groups in total. The summed E-state index contributed by atoms with van der Waals surface area (Å²) >= 11 is 0. The molecule has 0 aliphatic rings. The number of nitrogens with zero attached hydrogens (tertiary/aromatic N) is 4. The van der Waals surface area contributed by atoms with Crippen molar-refractivity contribution in [3.05, 3.63) is 96.6 Å². The molecular weight excluding hydrogens is 328 g/mol. The average molecular weight is 344 g/mol. The summed E-state index contributed by atoms with van der Waals surface area (Å²) in [5.74, 6) is -0.448. The largest absolute Gasteiger partial charge is 0.456 e. The number of para-hydroxylation sites is 1. The first-order valence-electron chi connectivity index (χ1n) is 8.17. The minimum atomic E-state index is -0.448. The van der Waals surface area contributed by atoms with Gasteiger partial charge in [0.15, 0.2) is 5.69 Å². The summed E-state index contributed by atoms with van der Waals surface area (Å²) in [6.45, 7) is 0.191. The fraction of sp³-hybridized carbons (Fsp3) is 0.0500. The third kappa shape index (κ3) is 3.39. The van der Waals surface area contributed by atoms with E-state index in [2.05, 4.69) is 10.2 Å². The number of aromatic nitrogens is 4. The van der Waals surface area contributed by atoms with E-state index in [1.54, 1.807) is 27.8 Å². The number of carbonyl (C=O) groups excluding carboxylic acids is 1. The summed E-state index contributed by atoms with van der Waals surface area (Å²) in [6, 6.07) is 20.8. The maximum absolute atomic E-state index is 12.2. The van der Waals surface area contributed by atoms with E-state index in [4.69, 9.17) is 4.74 Å². The second-order valence-electron chi connectivity index (χ2n) is 5.67. The van der Waals surface area contributed by atoms with Gasteiger partial charge in [0.05, 0.1) is 11.4 Å². The summed E-state index contributed by atoms with van der Waals surface area (Å²) < 4.78 is 8.77. The maximum Gasteiger partial charge on any atom is 0.359 e. The van der Waals surface area contributed by atoms with Crippen molar-refractivity contribution in [3.8, 4) is 11.4 Å². The van der Waals surface area contributed by atoms with Gasteiger partial charge in [0.2, 0.25) is 0 Å². The third-order valence-corrected chi connectivity index (χ3v) is 3.89. The molecule has 4 rings (SSSR count). The average Bonchev–Trinajstić information content (AvgIpc) is 3.39. The zero-order chi connectivity index (χ0) is 17.8. The summed E-state index contributed by atoms with van der Waals surface area (Å²) in [5.41, 5.74) is 3.02. The van der Waals surface area contributed by atoms with Crippen LogP contribution in [0.2, 0.25) is 0 Å². The van der Waals surface area contributed by atoms with Crippen LogP contribution in [0.4, 0.5) is 0 Å². The number of esters is 1. The quantitative estimate of drug-likeness (QED) is 0.521. The molecule has 0 amide bonds. The number of carbonyl (C=O) groups is 1. The van der Waals surface area contributed by atoms with Gasteiger partial charge in [-0.1, -0.05) is 30.3 Å². The molecule has 6 nitrogen and oxygen atoms in total. The molecule has 0 bridgehead atoms. The second kappa shape index (κ2) is 7.06. The van der Waals surface area contributed by atoms with Crippen LogP contribution in [0.1, 0.15) is 16.1 Å². The summed E-state index contributed by atoms with van der Waals surface area (Å²) in [7, 11) is 0. The van der Waals surface area contributed by atoms with Gasteiger partial charge in [0, 0.05) is 18.6 Å². The van der Waals surface area contributed by atoms with Gasteiger partial charge in [0.25, 0.3) is 0 Å². The van der Waals surface area contributed by atoms with E-state index in [0.717, 1.165) is 16.9 Å². The summed E-state index contributed by atoms with van der Waals surface area (Å²) in [4.78, 5) is 12.2. The van der Waals surface area contributed by atoms with E-state index in [1.165, 1.54) is 0 Å². The van der Waals surface area contributed by atoms with Crippen LogP contribution in [0.25, 0.3) is 11.4 Å². The van der Waals surface area contributed by atoms with E-state index in [0.29, 0.717) is 0 Å². The molecule has 6 heteroatoms. The smallest absolute Gasteiger partial charge is 0.359 e. The molecule has 0 aliphatic carbocycles. The summed E-state index contributed by atoms with van der Waals surface area (Å²) in [6.07, 6.45) is 5.34. The van der Waals surface area contributed by atoms with Crippen molar-refractivity contribution in [3.63, 3.8) is 0 Å². The molecule has 2 heterocycles. The highest BCUT2D eigenvalue weighted by Crippen LogP contribution is 2.11. The fourth-order valence-electron chi connectivity index (χ4n) is 2.55. The number of benzene rings is 2. The Kier molecular flexibility index (Phi) is 4.30. The van der Waals surface area contributed by atoms with Crippen LogP contribution < -0.4 is 0 Å². The molecule has 2 aromatic heterocycles. The van der Waals surface area contributed by atoms with E-state index in [1.807, 2.05) is 66.9 Å². The van der Waals surface area contributed by atoms with E-state index >= 15 is 0 Å². The fourth-order valence-corrected chi connectivity index (χ4v) is 2.55. The Balaban J connectivity index is 1.39. The molecule has 0 radical (unpaired) electrons. The normalized spacial score (nSPS) is 10.6. The van der Waals surface area contributed by atoms with Crippen molar-refractivity contribution in [2.24, 2.45) is 0 Å². The molecular formula is C20H16N4O2. The molecule has 128 valence electrons. The van der Waals surface area contributed by atoms with Gasteiger partial charge in [-0.15, -0.1) is 0 Å². The number of ether oxygens (including phenoxy) is 1. The molecule has 0 aliphatic heterocycles. The Bertz CT molecular complexity index is 990. The minimum Gasteiger partial charge on any atom is -0.456 e. The van der Waals surface area contributed by atoms with Crippen molar-refractivity contribution < 1.29 is 9.53 Å². The van der Waals surface area contributed by atoms with Gasteiger partial charge in [-0.3, -0.25) is 0 Å². The first kappa shape index (κ1) is 15.8. The molecule has 26 heavy (non-hydrogen) atoms. The van der Waals surface area contributed by atoms with E-state index in [9.17, 15) is 4.79 Å². The van der Waals surface area contributed by atoms with Crippen LogP contribution in [-0.2, 0) is 11.3 Å². The van der Waals surface area contributed by atoms with Crippen LogP contribution in [-0.4, -0.2) is 25.5 Å². The van der Waals surface area contributed by atoms with Crippen molar-refractivity contribution >= 4 is 5.97 Å². The highest BCUT2D eigenvalue weighted by molar-refractivity contribution is 5.87. The lowest BCUT2D eigenvalue weighted by molar-refractivity contribution is 0.0465. The molecule has 0 atom stereocenters. The van der Waals surface area contributed by atoms with Crippen molar-refractivity contribution in [2.75, 3.05) is 0 Å². The Morgan fingerprint density at radius 3 is 2.35 bits per heavy atom. The third-order valence-electron chi connectivity index (χ3n) is 3.89. The first-order valence-corrected chi connectivity index (χ1v) is 8.17. The molecule has 2 aromatic carbocycles. The Hall–Kier alpha value is -3.67. The lowest BCUT2D eigenvalue weighted by Crippen LogP contribution is -2.07. The Morgan fingerprint density at radius 2 is 1.62 bits per heavy atom. The predicted octanol–water partition coefficient (Wildman–Crippen LogP) is 3.42. The molecule has 0 saturated heterocycles. The van der Waals surface area contributed by atoms with Crippen molar-refractivity contribution in [1.29, 1.82) is 0 Å². The van der Waals surface area contributed by atoms with Crippen LogP contribution in [0.5, 0.6) is 0 Å². The Morgan fingerprint density at radius 1 is 0.846 bits per heavy atom. The first-order chi connectivity index (χ1) is 12.8. The minimum absolute atomic E-state index is 0.191. The lowest BCUT2D eigenvalue weighted by Gasteiger charge is -2.05. The van der Waals surface area contributed by atoms with E-state index < -0.39 is 5.97 Å². The topological polar surface area (TPSA) is 61.9 Å². The molecule has 0 spiro atoms. The van der Waals surface area contributed by atoms with Gasteiger partial charge in [0.1, 0.15) is 6.61 Å². The van der Waals surface area contributed by atoms with Gasteiger partial charge < -0.3 is 4.74 Å². The van der Waals surface area contributed by atoms with Crippen LogP contribution in [0.3, 0.4) is 0 Å². The SMILES string of the molecule is O=C(OCc1ccc(-n2cccn2)cc1)c1ccn(-c2ccccc2)n1. The monoisotopic (exact) mass is 344 g/mol. The van der Waals surface area contributed by atoms with Gasteiger partial charge in [-0.25, -0.2) is 14.2 Å². The van der Waals surface area contributed by atoms with Crippen LogP contribution in [0.15, 0.2) is 85.3 Å². The Labute approximate surface area is 150 Å². The van der Waals surface area contributed by atoms with Crippen molar-refractivity contribution in [1.82, 2.24) is 19.6 Å². The maximum atomic E-state index is 12.2. The van der Waals surface area contributed by atoms with E-state index in [-0.39, 0.29) is 12.3 Å². The van der Waals surface area contributed by atoms with Crippen LogP contribution >= 0.6 is 0 Å². The lowest BCUT2D eigenvalue weighted by atomic mass is 10.2. The molecule has 0 fully saturated rings. The van der Waals surface area contributed by atoms with Crippen molar-refractivity contribution in [2.45, 2.75) is 6.61 Å². The van der Waals surface area contributed by atoms with Gasteiger partial charge in [-0.05, 0) is 42.0 Å². The van der Waals surface area contributed by atoms with Gasteiger partial charge >= 0.3 is 5.97 Å². The standard InChI is InChI=1S/C20H16N4O2/c25-20(19-11-14-24(22-19)17-5-2-1-3-6-17)26-15-16-7-9-18(10-8-16)23-13-4-12-21-23/h1-14H,15H2. The summed E-state index contributed by atoms with van der Waals surface area (Å²) in [5, 5.41) is 8.45.